The van der Waals surface area contributed by atoms with Gasteiger partial charge in [-0.1, -0.05) is 32.4 Å². The number of rotatable bonds is 4. The number of amides is 1. The second kappa shape index (κ2) is 6.41. The van der Waals surface area contributed by atoms with Crippen LogP contribution in [-0.2, 0) is 14.8 Å². The van der Waals surface area contributed by atoms with Gasteiger partial charge in [-0.3, -0.25) is 4.79 Å². The van der Waals surface area contributed by atoms with Gasteiger partial charge < -0.3 is 5.32 Å². The first-order valence-electron chi connectivity index (χ1n) is 6.59. The average molecular weight is 310 g/mol. The number of benzene rings is 1. The molecular weight excluding hydrogens is 288 g/mol. The van der Waals surface area contributed by atoms with Crippen LogP contribution >= 0.6 is 0 Å². The Bertz CT molecular complexity index is 656. The highest BCUT2D eigenvalue weighted by Gasteiger charge is 2.15. The number of nitrogens with one attached hydrogen (secondary N) is 2. The summed E-state index contributed by atoms with van der Waals surface area (Å²) < 4.78 is 25.7. The van der Waals surface area contributed by atoms with E-state index in [4.69, 9.17) is 0 Å². The number of carbonyl (C=O) groups is 1. The highest BCUT2D eigenvalue weighted by atomic mass is 32.2. The molecule has 0 unspecified atom stereocenters. The van der Waals surface area contributed by atoms with Crippen molar-refractivity contribution < 1.29 is 13.2 Å². The molecule has 1 rings (SSSR count). The quantitative estimate of drug-likeness (QED) is 0.839. The van der Waals surface area contributed by atoms with Gasteiger partial charge in [-0.15, -0.1) is 0 Å². The van der Waals surface area contributed by atoms with Crippen LogP contribution in [0.5, 0.6) is 0 Å². The van der Waals surface area contributed by atoms with Gasteiger partial charge in [0.1, 0.15) is 0 Å². The molecular formula is C15H22N2O3S. The third-order valence-corrected chi connectivity index (χ3v) is 4.62. The predicted molar refractivity (Wildman–Crippen MR) is 84.5 cm³/mol. The Kier molecular flexibility index (Phi) is 5.31. The third-order valence-electron chi connectivity index (χ3n) is 3.21. The number of carbonyl (C=O) groups excluding carboxylic acids is 1. The second-order valence-corrected chi connectivity index (χ2v) is 7.69. The van der Waals surface area contributed by atoms with Crippen LogP contribution in [0.15, 0.2) is 40.8 Å². The predicted octanol–water partition coefficient (Wildman–Crippen LogP) is 2.53. The largest absolute Gasteiger partial charge is 0.322 e. The van der Waals surface area contributed by atoms with E-state index in [1.54, 1.807) is 12.1 Å². The van der Waals surface area contributed by atoms with Crippen LogP contribution in [0, 0.1) is 5.41 Å². The Morgan fingerprint density at radius 3 is 2.38 bits per heavy atom. The Balaban J connectivity index is 2.96. The summed E-state index contributed by atoms with van der Waals surface area (Å²) in [4.78, 5) is 12.1. The maximum atomic E-state index is 11.9. The molecule has 0 spiro atoms. The summed E-state index contributed by atoms with van der Waals surface area (Å²) in [5.74, 6) is -0.276. The summed E-state index contributed by atoms with van der Waals surface area (Å²) in [5.41, 5.74) is 1.29. The van der Waals surface area contributed by atoms with E-state index in [-0.39, 0.29) is 16.2 Å². The van der Waals surface area contributed by atoms with Crippen LogP contribution in [-0.4, -0.2) is 21.4 Å². The molecule has 0 atom stereocenters. The molecule has 2 N–H and O–H groups in total. The Hall–Kier alpha value is -1.66. The fourth-order valence-corrected chi connectivity index (χ4v) is 2.23. The highest BCUT2D eigenvalue weighted by molar-refractivity contribution is 7.89. The first-order chi connectivity index (χ1) is 9.56. The minimum absolute atomic E-state index is 0.0886. The standard InChI is InChI=1S/C15H22N2O3S/c1-11(15(2,3)4)9-14(18)17-12-7-6-8-13(10-12)21(19,20)16-5/h6-10,16H,1-5H3,(H,17,18). The van der Waals surface area contributed by atoms with Gasteiger partial charge in [0.25, 0.3) is 0 Å². The smallest absolute Gasteiger partial charge is 0.248 e. The lowest BCUT2D eigenvalue weighted by molar-refractivity contribution is -0.112. The Labute approximate surface area is 126 Å². The SMILES string of the molecule is CNS(=O)(=O)c1cccc(NC(=O)C=C(C)C(C)(C)C)c1. The van der Waals surface area contributed by atoms with Crippen molar-refractivity contribution in [2.45, 2.75) is 32.6 Å². The van der Waals surface area contributed by atoms with E-state index in [2.05, 4.69) is 10.0 Å². The van der Waals surface area contributed by atoms with Crippen molar-refractivity contribution >= 4 is 21.6 Å². The number of hydrogen-bond donors (Lipinski definition) is 2. The molecule has 116 valence electrons. The van der Waals surface area contributed by atoms with Crippen molar-refractivity contribution in [2.75, 3.05) is 12.4 Å². The van der Waals surface area contributed by atoms with Gasteiger partial charge in [-0.2, -0.15) is 0 Å². The molecule has 0 aliphatic rings. The summed E-state index contributed by atoms with van der Waals surface area (Å²) in [6.45, 7) is 7.95. The van der Waals surface area contributed by atoms with Gasteiger partial charge in [0.15, 0.2) is 0 Å². The van der Waals surface area contributed by atoms with Gasteiger partial charge in [-0.05, 0) is 37.6 Å². The zero-order chi connectivity index (χ0) is 16.3. The van der Waals surface area contributed by atoms with Gasteiger partial charge in [0.2, 0.25) is 15.9 Å². The van der Waals surface area contributed by atoms with Crippen LogP contribution in [0.3, 0.4) is 0 Å². The fraction of sp³-hybridized carbons (Fsp3) is 0.400. The molecule has 0 fully saturated rings. The second-order valence-electron chi connectivity index (χ2n) is 5.80. The van der Waals surface area contributed by atoms with E-state index >= 15 is 0 Å². The van der Waals surface area contributed by atoms with Gasteiger partial charge in [-0.25, -0.2) is 13.1 Å². The summed E-state index contributed by atoms with van der Waals surface area (Å²) in [7, 11) is -2.18. The van der Waals surface area contributed by atoms with Crippen LogP contribution in [0.2, 0.25) is 0 Å². The van der Waals surface area contributed by atoms with E-state index in [0.717, 1.165) is 5.57 Å². The van der Waals surface area contributed by atoms with E-state index in [1.165, 1.54) is 25.3 Å². The first kappa shape index (κ1) is 17.4. The Morgan fingerprint density at radius 1 is 1.24 bits per heavy atom. The number of anilines is 1. The lowest BCUT2D eigenvalue weighted by Crippen LogP contribution is -2.19. The van der Waals surface area contributed by atoms with Crippen molar-refractivity contribution in [1.29, 1.82) is 0 Å². The van der Waals surface area contributed by atoms with Crippen molar-refractivity contribution in [3.63, 3.8) is 0 Å². The van der Waals surface area contributed by atoms with Gasteiger partial charge in [0, 0.05) is 11.8 Å². The monoisotopic (exact) mass is 310 g/mol. The molecule has 0 saturated carbocycles. The van der Waals surface area contributed by atoms with Gasteiger partial charge >= 0.3 is 0 Å². The average Bonchev–Trinajstić information content (AvgIpc) is 2.37. The van der Waals surface area contributed by atoms with Crippen molar-refractivity contribution in [1.82, 2.24) is 4.72 Å². The summed E-state index contributed by atoms with van der Waals surface area (Å²) in [6, 6.07) is 6.12. The van der Waals surface area contributed by atoms with Gasteiger partial charge in [0.05, 0.1) is 4.90 Å². The summed E-state index contributed by atoms with van der Waals surface area (Å²) >= 11 is 0. The Morgan fingerprint density at radius 2 is 1.86 bits per heavy atom. The number of sulfonamides is 1. The molecule has 0 aliphatic carbocycles. The van der Waals surface area contributed by atoms with E-state index in [1.807, 2.05) is 27.7 Å². The van der Waals surface area contributed by atoms with Crippen molar-refractivity contribution in [2.24, 2.45) is 5.41 Å². The molecule has 0 heterocycles. The topological polar surface area (TPSA) is 75.3 Å². The molecule has 5 nitrogen and oxygen atoms in total. The van der Waals surface area contributed by atoms with Crippen molar-refractivity contribution in [3.8, 4) is 0 Å². The minimum Gasteiger partial charge on any atom is -0.322 e. The van der Waals surface area contributed by atoms with Crippen LogP contribution < -0.4 is 10.0 Å². The molecule has 6 heteroatoms. The molecule has 0 radical (unpaired) electrons. The van der Waals surface area contributed by atoms with E-state index in [0.29, 0.717) is 5.69 Å². The highest BCUT2D eigenvalue weighted by Crippen LogP contribution is 2.24. The summed E-state index contributed by atoms with van der Waals surface area (Å²) in [6.07, 6.45) is 1.53. The molecule has 0 saturated heterocycles. The third kappa shape index (κ3) is 4.99. The summed E-state index contributed by atoms with van der Waals surface area (Å²) in [5, 5.41) is 2.67. The normalized spacial score (nSPS) is 13.1. The molecule has 21 heavy (non-hydrogen) atoms. The van der Waals surface area contributed by atoms with Crippen LogP contribution in [0.1, 0.15) is 27.7 Å². The molecule has 1 amide bonds. The molecule has 0 aromatic heterocycles. The number of hydrogen-bond acceptors (Lipinski definition) is 3. The lowest BCUT2D eigenvalue weighted by Gasteiger charge is -2.19. The zero-order valence-electron chi connectivity index (χ0n) is 13.0. The first-order valence-corrected chi connectivity index (χ1v) is 8.08. The molecule has 1 aromatic carbocycles. The zero-order valence-corrected chi connectivity index (χ0v) is 13.8. The maximum Gasteiger partial charge on any atom is 0.248 e. The van der Waals surface area contributed by atoms with Crippen LogP contribution in [0.25, 0.3) is 0 Å². The minimum atomic E-state index is -3.52. The number of allylic oxidation sites excluding steroid dienone is 1. The molecule has 0 bridgehead atoms. The van der Waals surface area contributed by atoms with Crippen molar-refractivity contribution in [3.05, 3.63) is 35.9 Å². The fourth-order valence-electron chi connectivity index (χ4n) is 1.45. The molecule has 0 aliphatic heterocycles. The van der Waals surface area contributed by atoms with E-state index in [9.17, 15) is 13.2 Å². The lowest BCUT2D eigenvalue weighted by atomic mass is 9.87. The van der Waals surface area contributed by atoms with Crippen LogP contribution in [0.4, 0.5) is 5.69 Å². The molecule has 1 aromatic rings. The maximum absolute atomic E-state index is 11.9. The van der Waals surface area contributed by atoms with E-state index < -0.39 is 10.0 Å².